The molecule has 0 saturated carbocycles. The van der Waals surface area contributed by atoms with Crippen LogP contribution in [0.15, 0.2) is 35.2 Å². The number of benzene rings is 1. The number of imide groups is 1. The van der Waals surface area contributed by atoms with Crippen molar-refractivity contribution < 1.29 is 14.4 Å². The van der Waals surface area contributed by atoms with E-state index >= 15 is 0 Å². The van der Waals surface area contributed by atoms with E-state index in [0.717, 1.165) is 4.90 Å². The molecule has 2 N–H and O–H groups in total. The first-order valence-corrected chi connectivity index (χ1v) is 7.67. The number of thioether (sulfide) groups is 1. The fraction of sp³-hybridized carbons (Fsp3) is 0.357. The minimum absolute atomic E-state index is 0.0188. The van der Waals surface area contributed by atoms with Gasteiger partial charge in [0, 0.05) is 11.4 Å². The van der Waals surface area contributed by atoms with E-state index in [1.165, 1.54) is 11.8 Å². The van der Waals surface area contributed by atoms with Crippen LogP contribution in [0, 0.1) is 0 Å². The molecule has 7 heteroatoms. The number of urea groups is 1. The Hall–Kier alpha value is -2.02. The van der Waals surface area contributed by atoms with Crippen molar-refractivity contribution in [3.05, 3.63) is 30.3 Å². The van der Waals surface area contributed by atoms with E-state index in [4.69, 9.17) is 0 Å². The summed E-state index contributed by atoms with van der Waals surface area (Å²) in [4.78, 5) is 38.0. The maximum atomic E-state index is 12.2. The lowest BCUT2D eigenvalue weighted by Crippen LogP contribution is -2.49. The van der Waals surface area contributed by atoms with Crippen LogP contribution >= 0.6 is 11.8 Å². The van der Waals surface area contributed by atoms with Crippen molar-refractivity contribution in [2.45, 2.75) is 16.9 Å². The maximum absolute atomic E-state index is 12.2. The van der Waals surface area contributed by atoms with Gasteiger partial charge in [-0.2, -0.15) is 0 Å². The number of rotatable bonds is 3. The van der Waals surface area contributed by atoms with Gasteiger partial charge < -0.3 is 10.2 Å². The Morgan fingerprint density at radius 1 is 1.29 bits per heavy atom. The highest BCUT2D eigenvalue weighted by atomic mass is 32.2. The van der Waals surface area contributed by atoms with Crippen LogP contribution in [-0.4, -0.2) is 47.1 Å². The van der Waals surface area contributed by atoms with E-state index in [0.29, 0.717) is 18.7 Å². The third kappa shape index (κ3) is 2.73. The van der Waals surface area contributed by atoms with E-state index in [9.17, 15) is 14.4 Å². The maximum Gasteiger partial charge on any atom is 0.322 e. The normalized spacial score (nSPS) is 24.3. The topological polar surface area (TPSA) is 78.5 Å². The molecule has 2 aliphatic rings. The first kappa shape index (κ1) is 13.9. The summed E-state index contributed by atoms with van der Waals surface area (Å²) in [5.41, 5.74) is -0.926. The van der Waals surface area contributed by atoms with E-state index in [1.807, 2.05) is 30.3 Å². The highest BCUT2D eigenvalue weighted by Crippen LogP contribution is 2.26. The second-order valence-electron chi connectivity index (χ2n) is 5.16. The number of hydrogen-bond acceptors (Lipinski definition) is 4. The van der Waals surface area contributed by atoms with Crippen LogP contribution in [0.4, 0.5) is 4.79 Å². The van der Waals surface area contributed by atoms with Crippen molar-refractivity contribution in [3.8, 4) is 0 Å². The van der Waals surface area contributed by atoms with Crippen LogP contribution in [0.25, 0.3) is 0 Å². The third-order valence-corrected chi connectivity index (χ3v) is 4.74. The molecule has 0 aliphatic carbocycles. The highest BCUT2D eigenvalue weighted by molar-refractivity contribution is 8.00. The molecule has 6 nitrogen and oxygen atoms in total. The molecule has 1 unspecified atom stereocenters. The van der Waals surface area contributed by atoms with Crippen molar-refractivity contribution in [3.63, 3.8) is 0 Å². The Morgan fingerprint density at radius 3 is 2.71 bits per heavy atom. The van der Waals surface area contributed by atoms with E-state index in [1.54, 1.807) is 4.90 Å². The van der Waals surface area contributed by atoms with Gasteiger partial charge in [-0.25, -0.2) is 4.79 Å². The molecule has 0 radical (unpaired) electrons. The monoisotopic (exact) mass is 305 g/mol. The number of hydrogen-bond donors (Lipinski definition) is 2. The fourth-order valence-corrected chi connectivity index (χ4v) is 3.41. The van der Waals surface area contributed by atoms with Gasteiger partial charge >= 0.3 is 6.03 Å². The first-order chi connectivity index (χ1) is 10.1. The van der Waals surface area contributed by atoms with Crippen molar-refractivity contribution in [1.29, 1.82) is 0 Å². The zero-order valence-electron chi connectivity index (χ0n) is 11.3. The molecule has 1 atom stereocenters. The summed E-state index contributed by atoms with van der Waals surface area (Å²) >= 11 is 1.47. The van der Waals surface area contributed by atoms with E-state index in [2.05, 4.69) is 10.6 Å². The summed E-state index contributed by atoms with van der Waals surface area (Å²) in [6.45, 7) is 0.737. The summed E-state index contributed by atoms with van der Waals surface area (Å²) < 4.78 is 0. The van der Waals surface area contributed by atoms with Gasteiger partial charge in [-0.15, -0.1) is 11.8 Å². The van der Waals surface area contributed by atoms with Gasteiger partial charge in [0.2, 0.25) is 5.91 Å². The summed E-state index contributed by atoms with van der Waals surface area (Å²) in [5.74, 6) is -0.0245. The number of amides is 4. The number of nitrogens with one attached hydrogen (secondary N) is 2. The van der Waals surface area contributed by atoms with Crippen molar-refractivity contribution in [2.75, 3.05) is 18.8 Å². The summed E-state index contributed by atoms with van der Waals surface area (Å²) in [6.07, 6.45) is 0.465. The van der Waals surface area contributed by atoms with Crippen molar-refractivity contribution in [2.24, 2.45) is 0 Å². The minimum atomic E-state index is -0.926. The second kappa shape index (κ2) is 5.40. The van der Waals surface area contributed by atoms with Crippen molar-refractivity contribution >= 4 is 29.6 Å². The lowest BCUT2D eigenvalue weighted by molar-refractivity contribution is -0.128. The Labute approximate surface area is 126 Å². The van der Waals surface area contributed by atoms with Crippen molar-refractivity contribution in [1.82, 2.24) is 15.5 Å². The lowest BCUT2D eigenvalue weighted by atomic mass is 10.00. The van der Waals surface area contributed by atoms with Gasteiger partial charge in [-0.05, 0) is 18.6 Å². The average molecular weight is 305 g/mol. The molecule has 2 aliphatic heterocycles. The molecule has 1 aromatic carbocycles. The van der Waals surface area contributed by atoms with Crippen LogP contribution in [0.1, 0.15) is 6.42 Å². The Balaban J connectivity index is 1.58. The first-order valence-electron chi connectivity index (χ1n) is 6.68. The van der Waals surface area contributed by atoms with E-state index < -0.39 is 11.6 Å². The molecule has 4 amide bonds. The molecule has 0 bridgehead atoms. The molecule has 2 saturated heterocycles. The SMILES string of the molecule is O=C1NC(=O)C2(CCN(C(=O)CSc3ccccc3)C2)N1. The number of likely N-dealkylation sites (tertiary alicyclic amines) is 1. The molecule has 2 heterocycles. The predicted octanol–water partition coefficient (Wildman–Crippen LogP) is 0.589. The summed E-state index contributed by atoms with van der Waals surface area (Å²) in [7, 11) is 0. The highest BCUT2D eigenvalue weighted by Gasteiger charge is 2.51. The molecule has 21 heavy (non-hydrogen) atoms. The van der Waals surface area contributed by atoms with Crippen LogP contribution in [-0.2, 0) is 9.59 Å². The van der Waals surface area contributed by atoms with Gasteiger partial charge in [0.15, 0.2) is 0 Å². The van der Waals surface area contributed by atoms with Crippen LogP contribution in [0.2, 0.25) is 0 Å². The standard InChI is InChI=1S/C14H15N3O3S/c18-11(8-21-10-4-2-1-3-5-10)17-7-6-14(9-17)12(19)15-13(20)16-14/h1-5H,6-9H2,(H2,15,16,19,20). The number of carbonyl (C=O) groups excluding carboxylic acids is 3. The predicted molar refractivity (Wildman–Crippen MR) is 77.8 cm³/mol. The molecule has 110 valence electrons. The van der Waals surface area contributed by atoms with Crippen LogP contribution < -0.4 is 10.6 Å². The summed E-state index contributed by atoms with van der Waals surface area (Å²) in [6, 6.07) is 9.21. The average Bonchev–Trinajstić information content (AvgIpc) is 3.02. The number of carbonyl (C=O) groups is 3. The molecule has 0 aromatic heterocycles. The van der Waals surface area contributed by atoms with Gasteiger partial charge in [-0.1, -0.05) is 18.2 Å². The van der Waals surface area contributed by atoms with Gasteiger partial charge in [0.1, 0.15) is 5.54 Å². The molecule has 1 aromatic rings. The summed E-state index contributed by atoms with van der Waals surface area (Å²) in [5, 5.41) is 4.87. The fourth-order valence-electron chi connectivity index (χ4n) is 2.59. The largest absolute Gasteiger partial charge is 0.339 e. The second-order valence-corrected chi connectivity index (χ2v) is 6.21. The van der Waals surface area contributed by atoms with E-state index in [-0.39, 0.29) is 18.4 Å². The molecular weight excluding hydrogens is 290 g/mol. The minimum Gasteiger partial charge on any atom is -0.339 e. The Kier molecular flexibility index (Phi) is 3.59. The van der Waals surface area contributed by atoms with Gasteiger partial charge in [0.05, 0.1) is 12.3 Å². The smallest absolute Gasteiger partial charge is 0.322 e. The molecule has 1 spiro atoms. The molecular formula is C14H15N3O3S. The Bertz CT molecular complexity index is 592. The number of nitrogens with zero attached hydrogens (tertiary/aromatic N) is 1. The van der Waals surface area contributed by atoms with Crippen LogP contribution in [0.5, 0.6) is 0 Å². The molecule has 3 rings (SSSR count). The quantitative estimate of drug-likeness (QED) is 0.633. The van der Waals surface area contributed by atoms with Gasteiger partial charge in [0.25, 0.3) is 5.91 Å². The lowest BCUT2D eigenvalue weighted by Gasteiger charge is -2.21. The zero-order valence-corrected chi connectivity index (χ0v) is 12.1. The van der Waals surface area contributed by atoms with Gasteiger partial charge in [-0.3, -0.25) is 14.9 Å². The Morgan fingerprint density at radius 2 is 2.05 bits per heavy atom. The molecule has 2 fully saturated rings. The third-order valence-electron chi connectivity index (χ3n) is 3.74. The zero-order chi connectivity index (χ0) is 14.9. The van der Waals surface area contributed by atoms with Crippen LogP contribution in [0.3, 0.4) is 0 Å².